The van der Waals surface area contributed by atoms with E-state index in [-0.39, 0.29) is 11.2 Å². The van der Waals surface area contributed by atoms with Gasteiger partial charge in [-0.25, -0.2) is 0 Å². The van der Waals surface area contributed by atoms with Gasteiger partial charge in [-0.15, -0.1) is 11.8 Å². The number of anilines is 1. The second kappa shape index (κ2) is 8.21. The molecule has 3 aromatic rings. The van der Waals surface area contributed by atoms with Gasteiger partial charge in [0.25, 0.3) is 0 Å². The lowest BCUT2D eigenvalue weighted by Gasteiger charge is -2.21. The van der Waals surface area contributed by atoms with Crippen LogP contribution in [0.15, 0.2) is 42.5 Å². The highest BCUT2D eigenvalue weighted by atomic mass is 32.2. The molecule has 150 valence electrons. The van der Waals surface area contributed by atoms with E-state index >= 15 is 0 Å². The predicted octanol–water partition coefficient (Wildman–Crippen LogP) is 4.39. The molecule has 6 nitrogen and oxygen atoms in total. The summed E-state index contributed by atoms with van der Waals surface area (Å²) in [5.41, 5.74) is 5.13. The number of methoxy groups -OCH3 is 1. The van der Waals surface area contributed by atoms with Crippen molar-refractivity contribution in [2.24, 2.45) is 0 Å². The average molecular weight is 410 g/mol. The Kier molecular flexibility index (Phi) is 5.49. The number of H-pyrrole nitrogens is 1. The van der Waals surface area contributed by atoms with Gasteiger partial charge in [-0.05, 0) is 25.5 Å². The van der Waals surface area contributed by atoms with Crippen LogP contribution in [0.2, 0.25) is 0 Å². The molecule has 0 saturated carbocycles. The lowest BCUT2D eigenvalue weighted by Crippen LogP contribution is -2.12. The summed E-state index contributed by atoms with van der Waals surface area (Å²) in [6, 6.07) is 14.1. The highest BCUT2D eigenvalue weighted by Gasteiger charge is 2.31. The number of nitrogens with one attached hydrogen (secondary N) is 2. The van der Waals surface area contributed by atoms with Crippen LogP contribution in [0.3, 0.4) is 0 Å². The van der Waals surface area contributed by atoms with Crippen LogP contribution in [-0.4, -0.2) is 29.0 Å². The lowest BCUT2D eigenvalue weighted by atomic mass is 10.0. The van der Waals surface area contributed by atoms with Gasteiger partial charge in [0, 0.05) is 16.8 Å². The molecule has 7 heteroatoms. The first-order chi connectivity index (χ1) is 14.1. The largest absolute Gasteiger partial charge is 0.493 e. The summed E-state index contributed by atoms with van der Waals surface area (Å²) in [7, 11) is 1.64. The number of aromatic nitrogens is 2. The summed E-state index contributed by atoms with van der Waals surface area (Å²) in [5.74, 6) is 2.22. The van der Waals surface area contributed by atoms with Crippen molar-refractivity contribution in [3.05, 3.63) is 70.4 Å². The minimum absolute atomic E-state index is 0.0598. The number of thioether (sulfide) groups is 1. The van der Waals surface area contributed by atoms with Crippen molar-refractivity contribution >= 4 is 23.5 Å². The molecule has 1 aliphatic heterocycles. The van der Waals surface area contributed by atoms with Gasteiger partial charge >= 0.3 is 0 Å². The third-order valence-electron chi connectivity index (χ3n) is 4.87. The Bertz CT molecular complexity index is 1050. The summed E-state index contributed by atoms with van der Waals surface area (Å²) >= 11 is 1.56. The van der Waals surface area contributed by atoms with Crippen molar-refractivity contribution in [1.82, 2.24) is 10.2 Å². The van der Waals surface area contributed by atoms with Crippen molar-refractivity contribution < 1.29 is 14.3 Å². The average Bonchev–Trinajstić information content (AvgIpc) is 2.97. The summed E-state index contributed by atoms with van der Waals surface area (Å²) < 4.78 is 11.9. The summed E-state index contributed by atoms with van der Waals surface area (Å²) in [5, 5.41) is 10.0. The fraction of sp³-hybridized carbons (Fsp3) is 0.273. The van der Waals surface area contributed by atoms with E-state index in [9.17, 15) is 4.79 Å². The van der Waals surface area contributed by atoms with Crippen molar-refractivity contribution in [2.75, 3.05) is 18.2 Å². The Balaban J connectivity index is 1.74. The van der Waals surface area contributed by atoms with E-state index in [4.69, 9.17) is 9.47 Å². The van der Waals surface area contributed by atoms with Gasteiger partial charge in [-0.3, -0.25) is 9.89 Å². The van der Waals surface area contributed by atoms with Crippen molar-refractivity contribution in [2.45, 2.75) is 25.7 Å². The molecule has 4 rings (SSSR count). The van der Waals surface area contributed by atoms with Gasteiger partial charge in [0.2, 0.25) is 5.91 Å². The van der Waals surface area contributed by atoms with E-state index in [0.717, 1.165) is 22.4 Å². The van der Waals surface area contributed by atoms with Crippen molar-refractivity contribution in [3.63, 3.8) is 0 Å². The van der Waals surface area contributed by atoms with Gasteiger partial charge in [-0.1, -0.05) is 42.0 Å². The molecule has 2 aromatic carbocycles. The molecule has 0 bridgehead atoms. The summed E-state index contributed by atoms with van der Waals surface area (Å²) in [6.45, 7) is 4.46. The molecule has 2 heterocycles. The fourth-order valence-corrected chi connectivity index (χ4v) is 4.73. The van der Waals surface area contributed by atoms with Crippen LogP contribution in [0.25, 0.3) is 0 Å². The molecule has 1 aromatic heterocycles. The molecule has 0 fully saturated rings. The summed E-state index contributed by atoms with van der Waals surface area (Å²) in [6.07, 6.45) is 0. The van der Waals surface area contributed by atoms with Gasteiger partial charge in [0.1, 0.15) is 6.61 Å². The van der Waals surface area contributed by atoms with Gasteiger partial charge in [-0.2, -0.15) is 5.10 Å². The monoisotopic (exact) mass is 409 g/mol. The Morgan fingerprint density at radius 1 is 1.21 bits per heavy atom. The molecule has 0 radical (unpaired) electrons. The number of para-hydroxylation sites is 1. The minimum atomic E-state index is -0.106. The third-order valence-corrected chi connectivity index (χ3v) is 6.12. The highest BCUT2D eigenvalue weighted by molar-refractivity contribution is 8.00. The lowest BCUT2D eigenvalue weighted by molar-refractivity contribution is -0.113. The van der Waals surface area contributed by atoms with E-state index in [1.54, 1.807) is 18.9 Å². The smallest absolute Gasteiger partial charge is 0.235 e. The quantitative estimate of drug-likeness (QED) is 0.654. The Morgan fingerprint density at radius 3 is 2.83 bits per heavy atom. The van der Waals surface area contributed by atoms with Gasteiger partial charge < -0.3 is 14.8 Å². The van der Waals surface area contributed by atoms with E-state index in [0.29, 0.717) is 29.7 Å². The number of rotatable bonds is 5. The van der Waals surface area contributed by atoms with E-state index in [1.165, 1.54) is 5.56 Å². The number of hydrogen-bond donors (Lipinski definition) is 2. The molecular weight excluding hydrogens is 386 g/mol. The molecule has 1 unspecified atom stereocenters. The summed E-state index contributed by atoms with van der Waals surface area (Å²) in [4.78, 5) is 12.1. The number of amides is 1. The number of carbonyl (C=O) groups is 1. The van der Waals surface area contributed by atoms with E-state index < -0.39 is 0 Å². The fourth-order valence-electron chi connectivity index (χ4n) is 3.52. The molecule has 0 saturated heterocycles. The first kappa shape index (κ1) is 19.4. The van der Waals surface area contributed by atoms with Crippen molar-refractivity contribution in [3.8, 4) is 11.5 Å². The van der Waals surface area contributed by atoms with Crippen LogP contribution in [0.1, 0.15) is 33.2 Å². The van der Waals surface area contributed by atoms with Crippen LogP contribution in [0.5, 0.6) is 11.5 Å². The molecule has 1 atom stereocenters. The van der Waals surface area contributed by atoms with Crippen LogP contribution in [-0.2, 0) is 11.4 Å². The molecular formula is C22H23N3O3S. The van der Waals surface area contributed by atoms with Gasteiger partial charge in [0.05, 0.1) is 18.1 Å². The van der Waals surface area contributed by atoms with E-state index in [1.807, 2.05) is 37.3 Å². The molecule has 2 N–H and O–H groups in total. The number of hydrogen-bond acceptors (Lipinski definition) is 5. The maximum Gasteiger partial charge on any atom is 0.235 e. The van der Waals surface area contributed by atoms with Crippen molar-refractivity contribution in [1.29, 1.82) is 0 Å². The molecule has 0 spiro atoms. The number of aromatic amines is 1. The predicted molar refractivity (Wildman–Crippen MR) is 115 cm³/mol. The molecule has 0 aliphatic carbocycles. The van der Waals surface area contributed by atoms with Crippen LogP contribution >= 0.6 is 11.8 Å². The second-order valence-electron chi connectivity index (χ2n) is 7.01. The zero-order chi connectivity index (χ0) is 20.4. The SMILES string of the molecule is COc1cccc(C2SCC(=O)Nc3n[nH]c(C)c32)c1OCc1cccc(C)c1. The molecule has 1 aliphatic rings. The zero-order valence-electron chi connectivity index (χ0n) is 16.6. The minimum Gasteiger partial charge on any atom is -0.493 e. The standard InChI is InChI=1S/C22H23N3O3S/c1-13-6-4-7-15(10-13)11-28-20-16(8-5-9-17(20)27-3)21-19-14(2)24-25-22(19)23-18(26)12-29-21/h4-10,21H,11-12H2,1-3H3,(H2,23,24,25,26). The van der Waals surface area contributed by atoms with Crippen LogP contribution < -0.4 is 14.8 Å². The van der Waals surface area contributed by atoms with Crippen LogP contribution in [0, 0.1) is 13.8 Å². The first-order valence-corrected chi connectivity index (χ1v) is 10.4. The number of carbonyl (C=O) groups excluding carboxylic acids is 1. The Labute approximate surface area is 174 Å². The normalized spacial score (nSPS) is 16.0. The topological polar surface area (TPSA) is 76.2 Å². The number of ether oxygens (including phenoxy) is 2. The third kappa shape index (κ3) is 3.96. The number of fused-ring (bicyclic) bond motifs is 1. The molecule has 29 heavy (non-hydrogen) atoms. The Hall–Kier alpha value is -2.93. The molecule has 1 amide bonds. The number of benzene rings is 2. The zero-order valence-corrected chi connectivity index (χ0v) is 17.4. The maximum atomic E-state index is 12.1. The Morgan fingerprint density at radius 2 is 2.03 bits per heavy atom. The second-order valence-corrected chi connectivity index (χ2v) is 8.10. The number of aryl methyl sites for hydroxylation is 2. The van der Waals surface area contributed by atoms with E-state index in [2.05, 4.69) is 34.6 Å². The highest BCUT2D eigenvalue weighted by Crippen LogP contribution is 2.47. The number of nitrogens with zero attached hydrogens (tertiary/aromatic N) is 1. The van der Waals surface area contributed by atoms with Crippen LogP contribution in [0.4, 0.5) is 5.82 Å². The maximum absolute atomic E-state index is 12.1. The van der Waals surface area contributed by atoms with Gasteiger partial charge in [0.15, 0.2) is 17.3 Å². The first-order valence-electron chi connectivity index (χ1n) is 9.38.